The van der Waals surface area contributed by atoms with Gasteiger partial charge in [0.2, 0.25) is 12.7 Å². The number of ether oxygens (including phenoxy) is 2. The van der Waals surface area contributed by atoms with Gasteiger partial charge >= 0.3 is 0 Å². The third-order valence-electron chi connectivity index (χ3n) is 3.91. The van der Waals surface area contributed by atoms with Crippen LogP contribution in [0.15, 0.2) is 48.7 Å². The van der Waals surface area contributed by atoms with Gasteiger partial charge in [-0.25, -0.2) is 0 Å². The monoisotopic (exact) mass is 336 g/mol. The smallest absolute Gasteiger partial charge is 0.244 e. The van der Waals surface area contributed by atoms with Gasteiger partial charge in [0, 0.05) is 12.3 Å². The fourth-order valence-corrected chi connectivity index (χ4v) is 2.67. The second-order valence-electron chi connectivity index (χ2n) is 5.66. The molecule has 3 heterocycles. The van der Waals surface area contributed by atoms with E-state index in [4.69, 9.17) is 9.47 Å². The van der Waals surface area contributed by atoms with Crippen molar-refractivity contribution in [3.8, 4) is 11.5 Å². The van der Waals surface area contributed by atoms with Crippen LogP contribution in [0.1, 0.15) is 24.4 Å². The molecule has 0 aliphatic carbocycles. The van der Waals surface area contributed by atoms with Crippen molar-refractivity contribution < 1.29 is 14.3 Å². The average Bonchev–Trinajstić information content (AvgIpc) is 3.26. The molecule has 0 spiro atoms. The van der Waals surface area contributed by atoms with Crippen molar-refractivity contribution in [3.05, 3.63) is 60.1 Å². The zero-order valence-electron chi connectivity index (χ0n) is 13.5. The van der Waals surface area contributed by atoms with Crippen LogP contribution in [0.25, 0.3) is 11.7 Å². The van der Waals surface area contributed by atoms with E-state index in [-0.39, 0.29) is 18.7 Å². The van der Waals surface area contributed by atoms with Gasteiger partial charge in [0.15, 0.2) is 23.0 Å². The minimum atomic E-state index is -0.272. The SMILES string of the molecule is C[C@@H](NC(=O)/C=C/c1ccc2c(c1)OCO2)c1nnc2ccccn12. The molecule has 1 aliphatic heterocycles. The number of nitrogens with zero attached hydrogens (tertiary/aromatic N) is 3. The zero-order valence-corrected chi connectivity index (χ0v) is 13.5. The van der Waals surface area contributed by atoms with Crippen molar-refractivity contribution in [3.63, 3.8) is 0 Å². The number of nitrogens with one attached hydrogen (secondary N) is 1. The molecule has 2 aromatic heterocycles. The largest absolute Gasteiger partial charge is 0.454 e. The first kappa shape index (κ1) is 15.2. The quantitative estimate of drug-likeness (QED) is 0.740. The zero-order chi connectivity index (χ0) is 17.2. The van der Waals surface area contributed by atoms with Gasteiger partial charge in [-0.2, -0.15) is 0 Å². The van der Waals surface area contributed by atoms with E-state index in [2.05, 4.69) is 15.5 Å². The number of pyridine rings is 1. The molecule has 7 nitrogen and oxygen atoms in total. The third-order valence-corrected chi connectivity index (χ3v) is 3.91. The summed E-state index contributed by atoms with van der Waals surface area (Å²) in [6.45, 7) is 2.10. The Bertz CT molecular complexity index is 964. The van der Waals surface area contributed by atoms with Crippen LogP contribution in [0.3, 0.4) is 0 Å². The van der Waals surface area contributed by atoms with Crippen LogP contribution in [0.4, 0.5) is 0 Å². The van der Waals surface area contributed by atoms with Crippen LogP contribution in [0, 0.1) is 0 Å². The van der Waals surface area contributed by atoms with Crippen molar-refractivity contribution in [2.24, 2.45) is 0 Å². The van der Waals surface area contributed by atoms with E-state index in [9.17, 15) is 4.79 Å². The summed E-state index contributed by atoms with van der Waals surface area (Å²) in [5.41, 5.74) is 1.61. The Morgan fingerprint density at radius 1 is 1.24 bits per heavy atom. The molecule has 126 valence electrons. The molecule has 1 atom stereocenters. The lowest BCUT2D eigenvalue weighted by Crippen LogP contribution is -2.26. The molecule has 0 saturated heterocycles. The molecule has 0 radical (unpaired) electrons. The van der Waals surface area contributed by atoms with Gasteiger partial charge in [-0.3, -0.25) is 9.20 Å². The molecule has 0 unspecified atom stereocenters. The maximum atomic E-state index is 12.2. The summed E-state index contributed by atoms with van der Waals surface area (Å²) in [6.07, 6.45) is 5.08. The summed E-state index contributed by atoms with van der Waals surface area (Å²) >= 11 is 0. The highest BCUT2D eigenvalue weighted by Gasteiger charge is 2.15. The number of amides is 1. The molecular weight excluding hydrogens is 320 g/mol. The summed E-state index contributed by atoms with van der Waals surface area (Å²) in [4.78, 5) is 12.2. The Hall–Kier alpha value is -3.35. The fourth-order valence-electron chi connectivity index (χ4n) is 2.67. The standard InChI is InChI=1S/C18H16N4O3/c1-12(18-21-20-16-4-2-3-9-22(16)18)19-17(23)8-6-13-5-7-14-15(10-13)25-11-24-14/h2-10,12H,11H2,1H3,(H,19,23)/b8-6+/t12-/m1/s1. The maximum absolute atomic E-state index is 12.2. The van der Waals surface area contributed by atoms with E-state index >= 15 is 0 Å². The number of aromatic nitrogens is 3. The Morgan fingerprint density at radius 3 is 3.04 bits per heavy atom. The number of benzene rings is 1. The van der Waals surface area contributed by atoms with Crippen LogP contribution in [0.5, 0.6) is 11.5 Å². The summed E-state index contributed by atoms with van der Waals surface area (Å²) in [5, 5.41) is 11.1. The van der Waals surface area contributed by atoms with Gasteiger partial charge < -0.3 is 14.8 Å². The highest BCUT2D eigenvalue weighted by molar-refractivity contribution is 5.92. The molecule has 0 bridgehead atoms. The van der Waals surface area contributed by atoms with Crippen molar-refractivity contribution in [1.29, 1.82) is 0 Å². The van der Waals surface area contributed by atoms with Gasteiger partial charge in [-0.15, -0.1) is 10.2 Å². The lowest BCUT2D eigenvalue weighted by Gasteiger charge is -2.10. The normalized spacial score (nSPS) is 14.1. The number of fused-ring (bicyclic) bond motifs is 2. The van der Waals surface area contributed by atoms with Gasteiger partial charge in [0.1, 0.15) is 0 Å². The molecule has 7 heteroatoms. The summed E-state index contributed by atoms with van der Waals surface area (Å²) in [5.74, 6) is 1.87. The Labute approximate surface area is 143 Å². The van der Waals surface area contributed by atoms with Crippen molar-refractivity contribution >= 4 is 17.6 Å². The van der Waals surface area contributed by atoms with Gasteiger partial charge in [-0.1, -0.05) is 12.1 Å². The molecule has 1 amide bonds. The van der Waals surface area contributed by atoms with Crippen LogP contribution in [0.2, 0.25) is 0 Å². The molecular formula is C18H16N4O3. The van der Waals surface area contributed by atoms with Crippen LogP contribution >= 0.6 is 0 Å². The first-order chi connectivity index (χ1) is 12.2. The van der Waals surface area contributed by atoms with Crippen LogP contribution < -0.4 is 14.8 Å². The lowest BCUT2D eigenvalue weighted by atomic mass is 10.2. The highest BCUT2D eigenvalue weighted by atomic mass is 16.7. The maximum Gasteiger partial charge on any atom is 0.244 e. The topological polar surface area (TPSA) is 77.8 Å². The molecule has 4 rings (SSSR count). The fraction of sp³-hybridized carbons (Fsp3) is 0.167. The van der Waals surface area contributed by atoms with E-state index in [1.807, 2.05) is 53.9 Å². The Kier molecular flexibility index (Phi) is 3.81. The van der Waals surface area contributed by atoms with E-state index < -0.39 is 0 Å². The average molecular weight is 336 g/mol. The highest BCUT2D eigenvalue weighted by Crippen LogP contribution is 2.32. The molecule has 0 saturated carbocycles. The first-order valence-electron chi connectivity index (χ1n) is 7.88. The number of rotatable bonds is 4. The third kappa shape index (κ3) is 3.03. The molecule has 3 aromatic rings. The van der Waals surface area contributed by atoms with Crippen molar-refractivity contribution in [2.45, 2.75) is 13.0 Å². The first-order valence-corrected chi connectivity index (χ1v) is 7.88. The van der Waals surface area contributed by atoms with Crippen LogP contribution in [-0.2, 0) is 4.79 Å². The van der Waals surface area contributed by atoms with Gasteiger partial charge in [0.25, 0.3) is 0 Å². The number of carbonyl (C=O) groups is 1. The molecule has 25 heavy (non-hydrogen) atoms. The van der Waals surface area contributed by atoms with Gasteiger partial charge in [-0.05, 0) is 42.8 Å². The minimum absolute atomic E-state index is 0.210. The Balaban J connectivity index is 1.45. The van der Waals surface area contributed by atoms with Crippen LogP contribution in [-0.4, -0.2) is 27.3 Å². The van der Waals surface area contributed by atoms with Crippen molar-refractivity contribution in [2.75, 3.05) is 6.79 Å². The molecule has 1 aromatic carbocycles. The summed E-state index contributed by atoms with van der Waals surface area (Å²) < 4.78 is 12.4. The van der Waals surface area contributed by atoms with Crippen molar-refractivity contribution in [1.82, 2.24) is 19.9 Å². The predicted molar refractivity (Wildman–Crippen MR) is 91.1 cm³/mol. The van der Waals surface area contributed by atoms with E-state index in [1.54, 1.807) is 6.08 Å². The van der Waals surface area contributed by atoms with Gasteiger partial charge in [0.05, 0.1) is 6.04 Å². The summed E-state index contributed by atoms with van der Waals surface area (Å²) in [6, 6.07) is 10.9. The second kappa shape index (κ2) is 6.27. The number of hydrogen-bond donors (Lipinski definition) is 1. The number of carbonyl (C=O) groups excluding carboxylic acids is 1. The second-order valence-corrected chi connectivity index (χ2v) is 5.66. The van der Waals surface area contributed by atoms with E-state index in [0.29, 0.717) is 17.3 Å². The molecule has 1 N–H and O–H groups in total. The summed E-state index contributed by atoms with van der Waals surface area (Å²) in [7, 11) is 0. The molecule has 1 aliphatic rings. The Morgan fingerprint density at radius 2 is 2.12 bits per heavy atom. The van der Waals surface area contributed by atoms with E-state index in [0.717, 1.165) is 11.2 Å². The molecule has 0 fully saturated rings. The number of hydrogen-bond acceptors (Lipinski definition) is 5. The van der Waals surface area contributed by atoms with E-state index in [1.165, 1.54) is 6.08 Å². The predicted octanol–water partition coefficient (Wildman–Crippen LogP) is 2.35. The lowest BCUT2D eigenvalue weighted by molar-refractivity contribution is -0.117. The minimum Gasteiger partial charge on any atom is -0.454 e.